The lowest BCUT2D eigenvalue weighted by molar-refractivity contribution is 0.101. The first kappa shape index (κ1) is 21.1. The van der Waals surface area contributed by atoms with E-state index in [2.05, 4.69) is 58.3 Å². The highest BCUT2D eigenvalue weighted by atomic mass is 16.5. The van der Waals surface area contributed by atoms with Crippen molar-refractivity contribution in [3.63, 3.8) is 0 Å². The molecule has 1 aliphatic carbocycles. The van der Waals surface area contributed by atoms with E-state index in [4.69, 9.17) is 15.2 Å². The molecule has 0 spiro atoms. The van der Waals surface area contributed by atoms with Gasteiger partial charge in [0.1, 0.15) is 17.6 Å². The number of nitrogens with zero attached hydrogens (tertiary/aromatic N) is 5. The fraction of sp³-hybridized carbons (Fsp3) is 0.280. The molecule has 2 N–H and O–H groups in total. The summed E-state index contributed by atoms with van der Waals surface area (Å²) in [6.07, 6.45) is 8.46. The Bertz CT molecular complexity index is 1180. The van der Waals surface area contributed by atoms with Gasteiger partial charge in [-0.05, 0) is 48.2 Å². The fourth-order valence-corrected chi connectivity index (χ4v) is 3.87. The summed E-state index contributed by atoms with van der Waals surface area (Å²) in [6.45, 7) is 4.42. The summed E-state index contributed by atoms with van der Waals surface area (Å²) in [5.41, 5.74) is 8.07. The van der Waals surface area contributed by atoms with Gasteiger partial charge >= 0.3 is 0 Å². The van der Waals surface area contributed by atoms with Crippen molar-refractivity contribution in [1.29, 1.82) is 0 Å². The van der Waals surface area contributed by atoms with E-state index < -0.39 is 0 Å². The number of ether oxygens (including phenoxy) is 2. The Morgan fingerprint density at radius 2 is 1.36 bits per heavy atom. The molecule has 0 saturated heterocycles. The Kier molecular flexibility index (Phi) is 5.51. The zero-order valence-corrected chi connectivity index (χ0v) is 18.6. The molecule has 2 heterocycles. The van der Waals surface area contributed by atoms with Gasteiger partial charge in [0.05, 0.1) is 24.8 Å². The normalized spacial score (nSPS) is 17.9. The topological polar surface area (TPSA) is 101 Å². The van der Waals surface area contributed by atoms with E-state index in [0.717, 1.165) is 18.6 Å². The van der Waals surface area contributed by atoms with Crippen LogP contribution in [0, 0.1) is 0 Å². The second kappa shape index (κ2) is 8.63. The Labute approximate surface area is 192 Å². The summed E-state index contributed by atoms with van der Waals surface area (Å²) in [5, 5.41) is 8.02. The molecule has 0 aliphatic heterocycles. The van der Waals surface area contributed by atoms with Gasteiger partial charge in [0.2, 0.25) is 0 Å². The summed E-state index contributed by atoms with van der Waals surface area (Å²) in [4.78, 5) is 9.82. The van der Waals surface area contributed by atoms with Gasteiger partial charge in [-0.15, -0.1) is 4.80 Å². The van der Waals surface area contributed by atoms with Crippen LogP contribution in [-0.2, 0) is 5.41 Å². The molecule has 1 saturated carbocycles. The summed E-state index contributed by atoms with van der Waals surface area (Å²) < 4.78 is 11.9. The van der Waals surface area contributed by atoms with Gasteiger partial charge in [0.25, 0.3) is 5.95 Å². The highest BCUT2D eigenvalue weighted by molar-refractivity contribution is 5.42. The molecule has 2 aromatic heterocycles. The molecule has 0 radical (unpaired) electrons. The van der Waals surface area contributed by atoms with Crippen molar-refractivity contribution in [2.45, 2.75) is 44.2 Å². The third-order valence-electron chi connectivity index (χ3n) is 6.03. The molecule has 0 bridgehead atoms. The van der Waals surface area contributed by atoms with Crippen molar-refractivity contribution in [3.8, 4) is 23.2 Å². The van der Waals surface area contributed by atoms with E-state index in [1.54, 1.807) is 24.8 Å². The van der Waals surface area contributed by atoms with Crippen molar-refractivity contribution in [2.24, 2.45) is 5.73 Å². The van der Waals surface area contributed by atoms with Crippen LogP contribution in [0.2, 0.25) is 0 Å². The summed E-state index contributed by atoms with van der Waals surface area (Å²) in [7, 11) is 0. The lowest BCUT2D eigenvalue weighted by Crippen LogP contribution is -2.43. The molecule has 168 valence electrons. The minimum atomic E-state index is -0.169. The van der Waals surface area contributed by atoms with Crippen molar-refractivity contribution < 1.29 is 9.47 Å². The van der Waals surface area contributed by atoms with Gasteiger partial charge in [0.15, 0.2) is 5.75 Å². The predicted molar refractivity (Wildman–Crippen MR) is 124 cm³/mol. The maximum atomic E-state index is 5.98. The first-order chi connectivity index (χ1) is 16.0. The third kappa shape index (κ3) is 4.56. The van der Waals surface area contributed by atoms with Crippen LogP contribution in [-0.4, -0.2) is 37.1 Å². The Hall–Kier alpha value is -3.78. The van der Waals surface area contributed by atoms with Crippen molar-refractivity contribution in [1.82, 2.24) is 25.0 Å². The van der Waals surface area contributed by atoms with E-state index in [-0.39, 0.29) is 17.6 Å². The van der Waals surface area contributed by atoms with E-state index in [1.165, 1.54) is 15.9 Å². The number of benzene rings is 2. The molecule has 1 fully saturated rings. The average Bonchev–Trinajstić information content (AvgIpc) is 3.34. The van der Waals surface area contributed by atoms with Crippen LogP contribution < -0.4 is 15.2 Å². The molecule has 0 atom stereocenters. The monoisotopic (exact) mass is 442 g/mol. The molecule has 8 heteroatoms. The minimum absolute atomic E-state index is 0.169. The van der Waals surface area contributed by atoms with Gasteiger partial charge in [-0.25, -0.2) is 9.97 Å². The van der Waals surface area contributed by atoms with Gasteiger partial charge in [0, 0.05) is 11.5 Å². The minimum Gasteiger partial charge on any atom is -0.490 e. The molecular weight excluding hydrogens is 416 g/mol. The number of hydrogen-bond acceptors (Lipinski definition) is 7. The van der Waals surface area contributed by atoms with Crippen LogP contribution in [0.5, 0.6) is 17.2 Å². The smallest absolute Gasteiger partial charge is 0.268 e. The second-order valence-electron chi connectivity index (χ2n) is 8.78. The number of rotatable bonds is 7. The van der Waals surface area contributed by atoms with Crippen LogP contribution in [0.25, 0.3) is 5.95 Å². The highest BCUT2D eigenvalue weighted by Crippen LogP contribution is 2.34. The Morgan fingerprint density at radius 1 is 0.818 bits per heavy atom. The van der Waals surface area contributed by atoms with Gasteiger partial charge in [-0.2, -0.15) is 10.2 Å². The van der Waals surface area contributed by atoms with Crippen LogP contribution in [0.3, 0.4) is 0 Å². The zero-order chi connectivity index (χ0) is 22.8. The molecule has 4 aromatic rings. The van der Waals surface area contributed by atoms with E-state index in [0.29, 0.717) is 17.4 Å². The van der Waals surface area contributed by atoms with Crippen molar-refractivity contribution in [2.75, 3.05) is 0 Å². The first-order valence-electron chi connectivity index (χ1n) is 11.0. The molecular formula is C25H26N6O2. The van der Waals surface area contributed by atoms with Crippen molar-refractivity contribution in [3.05, 3.63) is 84.4 Å². The summed E-state index contributed by atoms with van der Waals surface area (Å²) >= 11 is 0. The quantitative estimate of drug-likeness (QED) is 0.461. The molecule has 0 unspecified atom stereocenters. The number of aromatic nitrogens is 5. The molecule has 2 aromatic carbocycles. The molecule has 0 amide bonds. The highest BCUT2D eigenvalue weighted by Gasteiger charge is 2.28. The van der Waals surface area contributed by atoms with E-state index in [9.17, 15) is 0 Å². The van der Waals surface area contributed by atoms with Gasteiger partial charge < -0.3 is 15.2 Å². The second-order valence-corrected chi connectivity index (χ2v) is 8.78. The molecule has 1 aliphatic rings. The molecule has 33 heavy (non-hydrogen) atoms. The van der Waals surface area contributed by atoms with E-state index >= 15 is 0 Å². The SMILES string of the molecule is CC(C)(c1ccc(Oc2cnc(-n3nccn3)nc2)cc1)c1ccc(OC2CC(N)C2)cc1. The lowest BCUT2D eigenvalue weighted by atomic mass is 9.78. The zero-order valence-electron chi connectivity index (χ0n) is 18.6. The number of nitrogens with two attached hydrogens (primary N) is 1. The maximum absolute atomic E-state index is 5.98. The Balaban J connectivity index is 1.24. The van der Waals surface area contributed by atoms with Crippen molar-refractivity contribution >= 4 is 0 Å². The summed E-state index contributed by atoms with van der Waals surface area (Å²) in [5.74, 6) is 2.54. The molecule has 5 rings (SSSR count). The largest absolute Gasteiger partial charge is 0.490 e. The average molecular weight is 443 g/mol. The standard InChI is InChI=1S/C25H26N6O2/c1-25(2,17-3-7-20(8-4-17)32-22-13-19(26)14-22)18-5-9-21(10-6-18)33-23-15-27-24(28-16-23)31-29-11-12-30-31/h3-12,15-16,19,22H,13-14,26H2,1-2H3. The van der Waals surface area contributed by atoms with Crippen LogP contribution in [0.15, 0.2) is 73.3 Å². The van der Waals surface area contributed by atoms with Gasteiger partial charge in [-0.1, -0.05) is 38.1 Å². The van der Waals surface area contributed by atoms with Crippen LogP contribution >= 0.6 is 0 Å². The van der Waals surface area contributed by atoms with E-state index in [1.807, 2.05) is 24.3 Å². The lowest BCUT2D eigenvalue weighted by Gasteiger charge is -2.33. The summed E-state index contributed by atoms with van der Waals surface area (Å²) in [6, 6.07) is 16.7. The molecule has 8 nitrogen and oxygen atoms in total. The van der Waals surface area contributed by atoms with Gasteiger partial charge in [-0.3, -0.25) is 0 Å². The fourth-order valence-electron chi connectivity index (χ4n) is 3.87. The van der Waals surface area contributed by atoms with Crippen LogP contribution in [0.1, 0.15) is 37.8 Å². The first-order valence-corrected chi connectivity index (χ1v) is 11.0. The predicted octanol–water partition coefficient (Wildman–Crippen LogP) is 4.04. The third-order valence-corrected chi connectivity index (χ3v) is 6.03. The van der Waals surface area contributed by atoms with Crippen LogP contribution in [0.4, 0.5) is 0 Å². The number of hydrogen-bond donors (Lipinski definition) is 1. The Morgan fingerprint density at radius 3 is 1.91 bits per heavy atom. The maximum Gasteiger partial charge on any atom is 0.268 e.